The molecule has 1 aromatic rings. The molecule has 0 heterocycles. The zero-order valence-corrected chi connectivity index (χ0v) is 11.4. The maximum Gasteiger partial charge on any atom is 0.387 e. The van der Waals surface area contributed by atoms with Gasteiger partial charge in [-0.2, -0.15) is 8.78 Å². The maximum atomic E-state index is 13.1. The van der Waals surface area contributed by atoms with Crippen LogP contribution in [0.3, 0.4) is 0 Å². The summed E-state index contributed by atoms with van der Waals surface area (Å²) in [6.45, 7) is -3.50. The predicted octanol–water partition coefficient (Wildman–Crippen LogP) is 1.57. The van der Waals surface area contributed by atoms with Crippen LogP contribution < -0.4 is 9.46 Å². The average Bonchev–Trinajstić information content (AvgIpc) is 2.36. The minimum absolute atomic E-state index is 0.00504. The summed E-state index contributed by atoms with van der Waals surface area (Å²) in [5.41, 5.74) is 0. The number of benzene rings is 1. The number of carbonyl (C=O) groups is 1. The van der Waals surface area contributed by atoms with Crippen LogP contribution in [-0.2, 0) is 14.8 Å². The van der Waals surface area contributed by atoms with Crippen molar-refractivity contribution in [2.75, 3.05) is 6.54 Å². The Morgan fingerprint density at radius 1 is 1.38 bits per heavy atom. The minimum atomic E-state index is -4.30. The van der Waals surface area contributed by atoms with Gasteiger partial charge in [-0.15, -0.1) is 0 Å². The average molecular weight is 327 g/mol. The van der Waals surface area contributed by atoms with Crippen molar-refractivity contribution in [1.82, 2.24) is 4.72 Å². The minimum Gasteiger partial charge on any atom is -0.481 e. The van der Waals surface area contributed by atoms with Crippen molar-refractivity contribution in [3.8, 4) is 5.75 Å². The van der Waals surface area contributed by atoms with Crippen LogP contribution in [0.1, 0.15) is 12.8 Å². The first-order valence-electron chi connectivity index (χ1n) is 5.68. The SMILES string of the molecule is O=C(O)CCCNS(=O)(=O)c1cc(F)ccc1OC(F)F. The number of hydrogen-bond acceptors (Lipinski definition) is 4. The molecule has 0 aliphatic carbocycles. The van der Waals surface area contributed by atoms with Gasteiger partial charge in [0.25, 0.3) is 0 Å². The Hall–Kier alpha value is -1.81. The molecule has 0 bridgehead atoms. The molecule has 0 amide bonds. The first-order chi connectivity index (χ1) is 9.72. The Labute approximate surface area is 118 Å². The second-order valence-electron chi connectivity index (χ2n) is 3.86. The monoisotopic (exact) mass is 327 g/mol. The standard InChI is InChI=1S/C11H12F3NO5S/c12-7-3-4-8(20-11(13)14)9(6-7)21(18,19)15-5-1-2-10(16)17/h3-4,6,11,15H,1-2,5H2,(H,16,17). The van der Waals surface area contributed by atoms with Gasteiger partial charge in [-0.25, -0.2) is 17.5 Å². The van der Waals surface area contributed by atoms with E-state index >= 15 is 0 Å². The summed E-state index contributed by atoms with van der Waals surface area (Å²) in [6, 6.07) is 2.09. The lowest BCUT2D eigenvalue weighted by Crippen LogP contribution is -2.26. The number of halogens is 3. The molecule has 0 spiro atoms. The molecule has 0 saturated carbocycles. The summed E-state index contributed by atoms with van der Waals surface area (Å²) in [7, 11) is -4.30. The fourth-order valence-corrected chi connectivity index (χ4v) is 2.63. The van der Waals surface area contributed by atoms with Crippen molar-refractivity contribution < 1.29 is 36.2 Å². The first kappa shape index (κ1) is 17.2. The number of alkyl halides is 2. The molecule has 0 aromatic heterocycles. The van der Waals surface area contributed by atoms with E-state index in [1.807, 2.05) is 4.72 Å². The summed E-state index contributed by atoms with van der Waals surface area (Å²) >= 11 is 0. The number of ether oxygens (including phenoxy) is 1. The molecule has 6 nitrogen and oxygen atoms in total. The number of aliphatic carboxylic acids is 1. The molecule has 10 heteroatoms. The molecule has 0 unspecified atom stereocenters. The molecule has 118 valence electrons. The van der Waals surface area contributed by atoms with E-state index < -0.39 is 39.1 Å². The van der Waals surface area contributed by atoms with Crippen LogP contribution in [0.4, 0.5) is 13.2 Å². The third-order valence-electron chi connectivity index (χ3n) is 2.27. The molecule has 0 aliphatic heterocycles. The highest BCUT2D eigenvalue weighted by Crippen LogP contribution is 2.26. The normalized spacial score (nSPS) is 11.6. The summed E-state index contributed by atoms with van der Waals surface area (Å²) in [5, 5.41) is 8.41. The third-order valence-corrected chi connectivity index (χ3v) is 3.75. The molecule has 0 atom stereocenters. The van der Waals surface area contributed by atoms with Crippen molar-refractivity contribution >= 4 is 16.0 Å². The lowest BCUT2D eigenvalue weighted by Gasteiger charge is -2.12. The highest BCUT2D eigenvalue weighted by molar-refractivity contribution is 7.89. The van der Waals surface area contributed by atoms with Gasteiger partial charge in [-0.1, -0.05) is 0 Å². The van der Waals surface area contributed by atoms with Crippen LogP contribution in [-0.4, -0.2) is 32.6 Å². The Balaban J connectivity index is 2.90. The Morgan fingerprint density at radius 3 is 2.62 bits per heavy atom. The van der Waals surface area contributed by atoms with Gasteiger partial charge in [0.05, 0.1) is 0 Å². The van der Waals surface area contributed by atoms with Gasteiger partial charge in [-0.3, -0.25) is 4.79 Å². The van der Waals surface area contributed by atoms with Crippen LogP contribution in [0, 0.1) is 5.82 Å². The summed E-state index contributed by atoms with van der Waals surface area (Å²) in [6.07, 6.45) is -0.277. The molecule has 1 aromatic carbocycles. The number of rotatable bonds is 8. The quantitative estimate of drug-likeness (QED) is 0.707. The fraction of sp³-hybridized carbons (Fsp3) is 0.364. The van der Waals surface area contributed by atoms with Crippen LogP contribution in [0.15, 0.2) is 23.1 Å². The summed E-state index contributed by atoms with van der Waals surface area (Å²) in [5.74, 6) is -2.75. The zero-order chi connectivity index (χ0) is 16.0. The number of carboxylic acid groups (broad SMARTS) is 1. The van der Waals surface area contributed by atoms with Crippen LogP contribution in [0.25, 0.3) is 0 Å². The lowest BCUT2D eigenvalue weighted by atomic mass is 10.3. The van der Waals surface area contributed by atoms with Crippen molar-refractivity contribution in [2.45, 2.75) is 24.3 Å². The second-order valence-corrected chi connectivity index (χ2v) is 5.60. The lowest BCUT2D eigenvalue weighted by molar-refractivity contribution is -0.137. The van der Waals surface area contributed by atoms with Gasteiger partial charge in [0.15, 0.2) is 0 Å². The zero-order valence-electron chi connectivity index (χ0n) is 10.6. The number of hydrogen-bond donors (Lipinski definition) is 2. The number of sulfonamides is 1. The van der Waals surface area contributed by atoms with Gasteiger partial charge in [0.2, 0.25) is 10.0 Å². The van der Waals surface area contributed by atoms with Crippen LogP contribution >= 0.6 is 0 Å². The van der Waals surface area contributed by atoms with Gasteiger partial charge >= 0.3 is 12.6 Å². The van der Waals surface area contributed by atoms with E-state index in [1.165, 1.54) is 0 Å². The molecule has 1 rings (SSSR count). The third kappa shape index (κ3) is 5.60. The first-order valence-corrected chi connectivity index (χ1v) is 7.16. The highest BCUT2D eigenvalue weighted by Gasteiger charge is 2.22. The topological polar surface area (TPSA) is 92.7 Å². The van der Waals surface area contributed by atoms with Crippen LogP contribution in [0.5, 0.6) is 5.75 Å². The van der Waals surface area contributed by atoms with E-state index in [-0.39, 0.29) is 19.4 Å². The molecular formula is C11H12F3NO5S. The molecule has 0 radical (unpaired) electrons. The molecule has 0 aliphatic rings. The van der Waals surface area contributed by atoms with Gasteiger partial charge in [0.1, 0.15) is 16.5 Å². The predicted molar refractivity (Wildman–Crippen MR) is 65.1 cm³/mol. The Kier molecular flexibility index (Phi) is 5.97. The van der Waals surface area contributed by atoms with Crippen molar-refractivity contribution in [3.05, 3.63) is 24.0 Å². The molecule has 0 saturated heterocycles. The largest absolute Gasteiger partial charge is 0.481 e. The fourth-order valence-electron chi connectivity index (χ4n) is 1.41. The van der Waals surface area contributed by atoms with E-state index in [2.05, 4.69) is 4.74 Å². The summed E-state index contributed by atoms with van der Waals surface area (Å²) in [4.78, 5) is 9.50. The highest BCUT2D eigenvalue weighted by atomic mass is 32.2. The second kappa shape index (κ2) is 7.27. The van der Waals surface area contributed by atoms with Gasteiger partial charge in [-0.05, 0) is 24.6 Å². The Bertz CT molecular complexity index is 606. The van der Waals surface area contributed by atoms with Gasteiger partial charge < -0.3 is 9.84 Å². The number of carboxylic acids is 1. The smallest absolute Gasteiger partial charge is 0.387 e. The van der Waals surface area contributed by atoms with Crippen molar-refractivity contribution in [3.63, 3.8) is 0 Å². The van der Waals surface area contributed by atoms with E-state index in [0.29, 0.717) is 6.07 Å². The maximum absolute atomic E-state index is 13.1. The molecule has 0 fully saturated rings. The Morgan fingerprint density at radius 2 is 2.05 bits per heavy atom. The molecular weight excluding hydrogens is 315 g/mol. The van der Waals surface area contributed by atoms with E-state index in [4.69, 9.17) is 5.11 Å². The van der Waals surface area contributed by atoms with E-state index in [1.54, 1.807) is 0 Å². The van der Waals surface area contributed by atoms with E-state index in [9.17, 15) is 26.4 Å². The van der Waals surface area contributed by atoms with Gasteiger partial charge in [0, 0.05) is 13.0 Å². The number of nitrogens with one attached hydrogen (secondary N) is 1. The summed E-state index contributed by atoms with van der Waals surface area (Å²) < 4.78 is 67.2. The van der Waals surface area contributed by atoms with Crippen molar-refractivity contribution in [2.24, 2.45) is 0 Å². The van der Waals surface area contributed by atoms with E-state index in [0.717, 1.165) is 12.1 Å². The van der Waals surface area contributed by atoms with Crippen molar-refractivity contribution in [1.29, 1.82) is 0 Å². The van der Waals surface area contributed by atoms with Crippen LogP contribution in [0.2, 0.25) is 0 Å². The molecule has 21 heavy (non-hydrogen) atoms. The molecule has 2 N–H and O–H groups in total.